The predicted octanol–water partition coefficient (Wildman–Crippen LogP) is 0.466. The second-order valence-corrected chi connectivity index (χ2v) is 10.1. The van der Waals surface area contributed by atoms with Crippen LogP contribution in [0.5, 0.6) is 0 Å². The maximum Gasteiger partial charge on any atom is 0.288 e. The smallest absolute Gasteiger partial charge is 0.288 e. The van der Waals surface area contributed by atoms with E-state index in [2.05, 4.69) is 28.1 Å². The number of aliphatic hydroxyl groups is 12. The van der Waals surface area contributed by atoms with Gasteiger partial charge in [0.05, 0.1) is 18.2 Å². The molecule has 3 heterocycles. The van der Waals surface area contributed by atoms with Gasteiger partial charge in [0, 0.05) is 69.5 Å². The Morgan fingerprint density at radius 3 is 0.750 bits per heavy atom. The summed E-state index contributed by atoms with van der Waals surface area (Å²) >= 11 is 0. The largest absolute Gasteiger partial charge is 0.687 e. The summed E-state index contributed by atoms with van der Waals surface area (Å²) in [5.74, 6) is 0.597. The van der Waals surface area contributed by atoms with Crippen molar-refractivity contribution in [3.63, 3.8) is 0 Å². The van der Waals surface area contributed by atoms with Crippen LogP contribution in [0.2, 0.25) is 0 Å². The topological polar surface area (TPSA) is 388 Å². The minimum absolute atomic E-state index is 0. The van der Waals surface area contributed by atoms with E-state index in [1.807, 2.05) is 6.07 Å². The summed E-state index contributed by atoms with van der Waals surface area (Å²) in [7, 11) is 0. The normalized spacial score (nSPS) is 13.8. The van der Waals surface area contributed by atoms with Crippen molar-refractivity contribution in [2.45, 2.75) is 102 Å². The Morgan fingerprint density at radius 1 is 0.453 bits per heavy atom. The molecule has 0 aromatic carbocycles. The first kappa shape index (κ1) is 85.2. The van der Waals surface area contributed by atoms with E-state index in [4.69, 9.17) is 77.1 Å². The number of rotatable bonds is 6. The summed E-state index contributed by atoms with van der Waals surface area (Å²) in [4.78, 5) is 0. The second-order valence-electron chi connectivity index (χ2n) is 10.1. The molecule has 2 saturated heterocycles. The standard InChI is InChI=1S/2C6H9N2.C6H5N2.6C2H4F2O2.3Cr.H2O/c3*7-5-6-1-3-8-4-2-6;6*3-1(4)2(5)6;;;;/h2*6H,1-4H2;1-3H,4H2;6*1-2,5-6H;;;;1H2/q3*-1;;;;;;;;;;. The van der Waals surface area contributed by atoms with E-state index in [-0.39, 0.29) is 57.6 Å². The van der Waals surface area contributed by atoms with E-state index >= 15 is 0 Å². The van der Waals surface area contributed by atoms with Gasteiger partial charge in [0.1, 0.15) is 0 Å². The van der Waals surface area contributed by atoms with Gasteiger partial charge in [-0.15, -0.1) is 32.7 Å². The molecule has 0 aromatic rings. The number of nitrogens with zero attached hydrogens (tertiary/aromatic N) is 6. The van der Waals surface area contributed by atoms with Crippen molar-refractivity contribution in [2.75, 3.05) is 32.7 Å². The van der Waals surface area contributed by atoms with Crippen molar-refractivity contribution in [3.05, 3.63) is 39.9 Å². The number of piperidine rings is 2. The van der Waals surface area contributed by atoms with Gasteiger partial charge in [-0.05, 0) is 0 Å². The molecule has 0 amide bonds. The molecule has 3 aliphatic heterocycles. The molecule has 34 heteroatoms. The molecule has 382 valence electrons. The van der Waals surface area contributed by atoms with E-state index in [9.17, 15) is 52.7 Å². The maximum atomic E-state index is 10.7. The number of allylic oxidation sites excluding steroid dienone is 2. The van der Waals surface area contributed by atoms with E-state index in [1.165, 1.54) is 0 Å². The fourth-order valence-corrected chi connectivity index (χ4v) is 2.25. The summed E-state index contributed by atoms with van der Waals surface area (Å²) in [6.07, 6.45) is -24.0. The molecule has 14 N–H and O–H groups in total. The second kappa shape index (κ2) is 58.9. The summed E-state index contributed by atoms with van der Waals surface area (Å²) in [5, 5.41) is 126. The minimum Gasteiger partial charge on any atom is -0.687 e. The van der Waals surface area contributed by atoms with Gasteiger partial charge >= 0.3 is 0 Å². The van der Waals surface area contributed by atoms with Crippen molar-refractivity contribution in [3.8, 4) is 18.2 Å². The number of nitriles is 3. The molecular weight excluding hydrogens is 1040 g/mol. The van der Waals surface area contributed by atoms with Crippen LogP contribution in [0.15, 0.2) is 23.9 Å². The van der Waals surface area contributed by atoms with Crippen molar-refractivity contribution in [1.82, 2.24) is 0 Å². The van der Waals surface area contributed by atoms with Crippen LogP contribution in [0, 0.1) is 45.8 Å². The average molecular weight is 1090 g/mol. The summed E-state index contributed by atoms with van der Waals surface area (Å²) in [6.45, 7) is 4.26. The number of hydrogen-bond donors (Lipinski definition) is 12. The molecule has 19 nitrogen and oxygen atoms in total. The molecule has 3 rings (SSSR count). The van der Waals surface area contributed by atoms with Gasteiger partial charge in [0.15, 0.2) is 0 Å². The van der Waals surface area contributed by atoms with Gasteiger partial charge in [-0.1, -0.05) is 37.8 Å². The van der Waals surface area contributed by atoms with Crippen molar-refractivity contribution in [2.24, 2.45) is 11.8 Å². The van der Waals surface area contributed by atoms with Gasteiger partial charge in [-0.3, -0.25) is 0 Å². The van der Waals surface area contributed by atoms with E-state index < -0.39 is 76.3 Å². The number of hydrogen-bond acceptors (Lipinski definition) is 15. The monoisotopic (exact) mass is 1090 g/mol. The van der Waals surface area contributed by atoms with Crippen LogP contribution < -0.4 is 0 Å². The summed E-state index contributed by atoms with van der Waals surface area (Å²) in [6, 6.07) is 6.51. The van der Waals surface area contributed by atoms with Crippen LogP contribution in [-0.4, -0.2) is 176 Å². The Kier molecular flexibility index (Phi) is 78.5. The number of halogens is 12. The molecule has 0 radical (unpaired) electrons. The first-order valence-electron chi connectivity index (χ1n) is 16.0. The molecule has 0 unspecified atom stereocenters. The fraction of sp³-hybridized carbons (Fsp3) is 0.767. The van der Waals surface area contributed by atoms with Gasteiger partial charge in [0.2, 0.25) is 37.7 Å². The Morgan fingerprint density at radius 2 is 0.656 bits per heavy atom. The van der Waals surface area contributed by atoms with Crippen LogP contribution >= 0.6 is 0 Å². The first-order chi connectivity index (χ1) is 27.7. The molecule has 2 fully saturated rings. The van der Waals surface area contributed by atoms with Crippen molar-refractivity contribution < 1.29 is 172 Å². The third kappa shape index (κ3) is 77.2. The van der Waals surface area contributed by atoms with Crippen LogP contribution in [0.25, 0.3) is 16.0 Å². The number of alkyl halides is 12. The minimum atomic E-state index is -3.04. The third-order valence-electron chi connectivity index (χ3n) is 5.17. The van der Waals surface area contributed by atoms with Gasteiger partial charge < -0.3 is 82.7 Å². The summed E-state index contributed by atoms with van der Waals surface area (Å²) < 4.78 is 128. The molecule has 0 aliphatic carbocycles. The molecule has 0 bridgehead atoms. The van der Waals surface area contributed by atoms with Crippen LogP contribution in [-0.2, 0) is 52.1 Å². The first-order valence-corrected chi connectivity index (χ1v) is 16.0. The average Bonchev–Trinajstić information content (AvgIpc) is 3.20. The number of aliphatic hydroxyl groups excluding tert-OH is 6. The molecule has 0 spiro atoms. The molecule has 0 atom stereocenters. The molecule has 0 saturated carbocycles. The Labute approximate surface area is 390 Å². The van der Waals surface area contributed by atoms with E-state index in [0.29, 0.717) is 24.0 Å². The fourth-order valence-electron chi connectivity index (χ4n) is 2.25. The van der Waals surface area contributed by atoms with E-state index in [0.717, 1.165) is 51.9 Å². The van der Waals surface area contributed by atoms with Gasteiger partial charge in [-0.25, -0.2) is 52.7 Å². The third-order valence-corrected chi connectivity index (χ3v) is 5.17. The van der Waals surface area contributed by atoms with Crippen molar-refractivity contribution in [1.29, 1.82) is 15.8 Å². The van der Waals surface area contributed by atoms with Gasteiger partial charge in [0.25, 0.3) is 38.6 Å². The SMILES string of the molecule is N#CC1=CC[N-]C=C1.N#CC1CC[N-]CC1.N#CC1CC[N-]CC1.O.OC(O)C(F)F.OC(O)C(F)F.OC(O)C(F)F.OC(O)C(F)F.OC(O)C(F)F.OC(O)C(F)F.[Cr].[Cr].[Cr]. The maximum absolute atomic E-state index is 10.7. The van der Waals surface area contributed by atoms with Gasteiger partial charge in [-0.2, -0.15) is 22.0 Å². The zero-order valence-electron chi connectivity index (χ0n) is 32.5. The zero-order valence-corrected chi connectivity index (χ0v) is 36.3. The van der Waals surface area contributed by atoms with Crippen LogP contribution in [0.1, 0.15) is 25.7 Å². The van der Waals surface area contributed by atoms with Crippen LogP contribution in [0.3, 0.4) is 0 Å². The van der Waals surface area contributed by atoms with E-state index in [1.54, 1.807) is 18.4 Å². The Hall–Kier alpha value is -2.09. The zero-order chi connectivity index (χ0) is 48.4. The van der Waals surface area contributed by atoms with Crippen LogP contribution in [0.4, 0.5) is 52.7 Å². The molecule has 3 aliphatic rings. The molecular formula is C30H49Cr3F12N6O13-3. The molecule has 64 heavy (non-hydrogen) atoms. The predicted molar refractivity (Wildman–Crippen MR) is 183 cm³/mol. The quantitative estimate of drug-likeness (QED) is 0.127. The summed E-state index contributed by atoms with van der Waals surface area (Å²) in [5.41, 5.74) is 0.708. The van der Waals surface area contributed by atoms with Crippen molar-refractivity contribution >= 4 is 0 Å². The molecule has 0 aromatic heterocycles. The Balaban J connectivity index is -0.0000000638. The Bertz CT molecular complexity index is 983.